The molecule has 1 saturated heterocycles. The summed E-state index contributed by atoms with van der Waals surface area (Å²) < 4.78 is 5.73. The number of carbonyl (C=O) groups excluding carboxylic acids is 2. The molecule has 2 heterocycles. The van der Waals surface area contributed by atoms with Gasteiger partial charge in [0.2, 0.25) is 0 Å². The Kier molecular flexibility index (Phi) is 4.81. The topological polar surface area (TPSA) is 62.9 Å². The van der Waals surface area contributed by atoms with Gasteiger partial charge in [-0.15, -0.1) is 0 Å². The number of Topliss-reactive ketones (excluding diaryl/α,β-unsaturated/α-hetero) is 1. The average molecular weight is 378 g/mol. The molecule has 1 amide bonds. The van der Waals surface area contributed by atoms with Crippen molar-refractivity contribution in [1.29, 1.82) is 0 Å². The van der Waals surface area contributed by atoms with Crippen molar-refractivity contribution in [1.82, 2.24) is 4.90 Å². The number of ketones is 1. The maximum absolute atomic E-state index is 13.0. The van der Waals surface area contributed by atoms with Gasteiger partial charge in [0.25, 0.3) is 5.91 Å². The zero-order chi connectivity index (χ0) is 18.8. The van der Waals surface area contributed by atoms with E-state index in [4.69, 9.17) is 4.42 Å². The molecule has 0 spiro atoms. The van der Waals surface area contributed by atoms with E-state index in [-0.39, 0.29) is 11.7 Å². The molecule has 2 aromatic carbocycles. The molecule has 3 aromatic rings. The number of aliphatic imine (C=N–C) groups is 1. The number of thioether (sulfide) groups is 1. The Hall–Kier alpha value is -2.86. The van der Waals surface area contributed by atoms with E-state index in [1.807, 2.05) is 24.3 Å². The van der Waals surface area contributed by atoms with Gasteiger partial charge >= 0.3 is 0 Å². The average Bonchev–Trinajstić information content (AvgIpc) is 3.12. The summed E-state index contributed by atoms with van der Waals surface area (Å²) in [7, 11) is 0. The van der Waals surface area contributed by atoms with Gasteiger partial charge in [0.05, 0.1) is 5.69 Å². The van der Waals surface area contributed by atoms with Crippen LogP contribution in [0.5, 0.6) is 0 Å². The third kappa shape index (κ3) is 3.66. The first-order chi connectivity index (χ1) is 13.1. The highest BCUT2D eigenvalue weighted by molar-refractivity contribution is 8.13. The molecule has 0 unspecified atom stereocenters. The number of nitrogens with zero attached hydrogens (tertiary/aromatic N) is 2. The molecule has 1 aliphatic heterocycles. The van der Waals surface area contributed by atoms with Crippen LogP contribution in [-0.2, 0) is 0 Å². The van der Waals surface area contributed by atoms with Crippen molar-refractivity contribution >= 4 is 45.3 Å². The number of amides is 1. The molecule has 0 saturated carbocycles. The monoisotopic (exact) mass is 378 g/mol. The summed E-state index contributed by atoms with van der Waals surface area (Å²) in [6.45, 7) is 2.14. The van der Waals surface area contributed by atoms with Crippen LogP contribution in [0.25, 0.3) is 11.0 Å². The molecule has 6 heteroatoms. The van der Waals surface area contributed by atoms with E-state index in [1.165, 1.54) is 6.92 Å². The fraction of sp³-hybridized carbons (Fsp3) is 0.190. The Morgan fingerprint density at radius 1 is 1.11 bits per heavy atom. The van der Waals surface area contributed by atoms with E-state index in [9.17, 15) is 9.59 Å². The number of fused-ring (bicyclic) bond motifs is 1. The lowest BCUT2D eigenvalue weighted by Crippen LogP contribution is -2.39. The second-order valence-corrected chi connectivity index (χ2v) is 7.37. The van der Waals surface area contributed by atoms with Crippen LogP contribution in [0.1, 0.15) is 34.3 Å². The van der Waals surface area contributed by atoms with Crippen molar-refractivity contribution in [2.45, 2.75) is 13.3 Å². The molecular formula is C21H18N2O3S. The third-order valence-electron chi connectivity index (χ3n) is 4.37. The van der Waals surface area contributed by atoms with Crippen molar-refractivity contribution < 1.29 is 14.0 Å². The molecule has 4 rings (SSSR count). The number of benzene rings is 2. The van der Waals surface area contributed by atoms with Gasteiger partial charge in [0, 0.05) is 23.2 Å². The van der Waals surface area contributed by atoms with Crippen LogP contribution in [0, 0.1) is 0 Å². The van der Waals surface area contributed by atoms with Crippen molar-refractivity contribution in [2.75, 3.05) is 12.3 Å². The van der Waals surface area contributed by atoms with Crippen LogP contribution in [0.3, 0.4) is 0 Å². The molecule has 5 nitrogen and oxygen atoms in total. The van der Waals surface area contributed by atoms with Gasteiger partial charge in [-0.05, 0) is 49.7 Å². The summed E-state index contributed by atoms with van der Waals surface area (Å²) in [6.07, 6.45) is 0.902. The highest BCUT2D eigenvalue weighted by Crippen LogP contribution is 2.26. The van der Waals surface area contributed by atoms with Gasteiger partial charge in [0.1, 0.15) is 5.58 Å². The smallest absolute Gasteiger partial charge is 0.295 e. The molecule has 27 heavy (non-hydrogen) atoms. The van der Waals surface area contributed by atoms with Crippen molar-refractivity contribution in [3.63, 3.8) is 0 Å². The molecular weight excluding hydrogens is 360 g/mol. The normalized spacial score (nSPS) is 16.0. The zero-order valence-electron chi connectivity index (χ0n) is 14.8. The lowest BCUT2D eigenvalue weighted by molar-refractivity contribution is 0.0821. The fourth-order valence-corrected chi connectivity index (χ4v) is 3.90. The first-order valence-corrected chi connectivity index (χ1v) is 9.73. The van der Waals surface area contributed by atoms with E-state index < -0.39 is 0 Å². The second-order valence-electron chi connectivity index (χ2n) is 6.30. The summed E-state index contributed by atoms with van der Waals surface area (Å²) in [4.78, 5) is 30.7. The molecule has 1 aliphatic rings. The Bertz CT molecular complexity index is 1000. The predicted octanol–water partition coefficient (Wildman–Crippen LogP) is 4.90. The van der Waals surface area contributed by atoms with Gasteiger partial charge < -0.3 is 4.42 Å². The fourth-order valence-electron chi connectivity index (χ4n) is 2.94. The highest BCUT2D eigenvalue weighted by atomic mass is 32.2. The lowest BCUT2D eigenvalue weighted by atomic mass is 10.1. The van der Waals surface area contributed by atoms with Gasteiger partial charge in [-0.25, -0.2) is 4.99 Å². The van der Waals surface area contributed by atoms with Gasteiger partial charge in [-0.3, -0.25) is 14.5 Å². The van der Waals surface area contributed by atoms with Crippen molar-refractivity contribution in [3.05, 3.63) is 65.9 Å². The standard InChI is InChI=1S/C21H18N2O3S/c1-14(24)15-7-9-17(10-8-15)22-21-23(11-4-12-27-21)20(25)19-13-16-5-2-3-6-18(16)26-19/h2-3,5-10,13H,4,11-12H2,1H3. The van der Waals surface area contributed by atoms with E-state index in [1.54, 1.807) is 47.0 Å². The molecule has 1 fully saturated rings. The third-order valence-corrected chi connectivity index (χ3v) is 5.43. The van der Waals surface area contributed by atoms with E-state index >= 15 is 0 Å². The summed E-state index contributed by atoms with van der Waals surface area (Å²) in [6, 6.07) is 16.4. The van der Waals surface area contributed by atoms with Gasteiger partial charge in [-0.2, -0.15) is 0 Å². The minimum absolute atomic E-state index is 0.0166. The maximum Gasteiger partial charge on any atom is 0.295 e. The first-order valence-electron chi connectivity index (χ1n) is 8.75. The van der Waals surface area contributed by atoms with Crippen LogP contribution >= 0.6 is 11.8 Å². The number of furan rings is 1. The predicted molar refractivity (Wildman–Crippen MR) is 108 cm³/mol. The molecule has 0 aliphatic carbocycles. The first kappa shape index (κ1) is 17.5. The van der Waals surface area contributed by atoms with Crippen LogP contribution < -0.4 is 0 Å². The Labute approximate surface area is 161 Å². The van der Waals surface area contributed by atoms with Gasteiger partial charge in [-0.1, -0.05) is 30.0 Å². The number of carbonyl (C=O) groups is 2. The van der Waals surface area contributed by atoms with Crippen LogP contribution in [0.2, 0.25) is 0 Å². The molecule has 0 N–H and O–H groups in total. The van der Waals surface area contributed by atoms with Gasteiger partial charge in [0.15, 0.2) is 16.7 Å². The molecule has 136 valence electrons. The number of para-hydroxylation sites is 1. The summed E-state index contributed by atoms with van der Waals surface area (Å²) >= 11 is 1.55. The maximum atomic E-state index is 13.0. The van der Waals surface area contributed by atoms with Crippen LogP contribution in [-0.4, -0.2) is 34.1 Å². The summed E-state index contributed by atoms with van der Waals surface area (Å²) in [5, 5.41) is 1.56. The van der Waals surface area contributed by atoms with E-state index in [0.29, 0.717) is 34.3 Å². The summed E-state index contributed by atoms with van der Waals surface area (Å²) in [5.74, 6) is 1.06. The minimum Gasteiger partial charge on any atom is -0.451 e. The Balaban J connectivity index is 1.63. The quantitative estimate of drug-likeness (QED) is 0.608. The van der Waals surface area contributed by atoms with Crippen molar-refractivity contribution in [3.8, 4) is 0 Å². The largest absolute Gasteiger partial charge is 0.451 e. The summed E-state index contributed by atoms with van der Waals surface area (Å²) in [5.41, 5.74) is 2.06. The molecule has 0 radical (unpaired) electrons. The Morgan fingerprint density at radius 3 is 2.63 bits per heavy atom. The molecule has 1 aromatic heterocycles. The molecule has 0 atom stereocenters. The minimum atomic E-state index is -0.183. The Morgan fingerprint density at radius 2 is 1.89 bits per heavy atom. The number of hydrogen-bond donors (Lipinski definition) is 0. The zero-order valence-corrected chi connectivity index (χ0v) is 15.7. The number of hydrogen-bond acceptors (Lipinski definition) is 5. The van der Waals surface area contributed by atoms with Crippen LogP contribution in [0.15, 0.2) is 64.0 Å². The number of rotatable bonds is 3. The van der Waals surface area contributed by atoms with E-state index in [2.05, 4.69) is 4.99 Å². The number of amidine groups is 1. The highest BCUT2D eigenvalue weighted by Gasteiger charge is 2.27. The second kappa shape index (κ2) is 7.40. The van der Waals surface area contributed by atoms with E-state index in [0.717, 1.165) is 17.6 Å². The van der Waals surface area contributed by atoms with Crippen molar-refractivity contribution in [2.24, 2.45) is 4.99 Å². The molecule has 0 bridgehead atoms. The van der Waals surface area contributed by atoms with Crippen LogP contribution in [0.4, 0.5) is 5.69 Å². The SMILES string of the molecule is CC(=O)c1ccc(N=C2SCCCN2C(=O)c2cc3ccccc3o2)cc1. The lowest BCUT2D eigenvalue weighted by Gasteiger charge is -2.26.